The third kappa shape index (κ3) is 7.93. The highest BCUT2D eigenvalue weighted by Crippen LogP contribution is 2.40. The van der Waals surface area contributed by atoms with Gasteiger partial charge in [-0.15, -0.1) is 0 Å². The molecule has 6 heteroatoms. The van der Waals surface area contributed by atoms with Crippen LogP contribution in [0.15, 0.2) is 0 Å². The summed E-state index contributed by atoms with van der Waals surface area (Å²) in [5.41, 5.74) is -1.01. The van der Waals surface area contributed by atoms with E-state index in [9.17, 15) is 19.8 Å². The quantitative estimate of drug-likeness (QED) is 0.229. The second kappa shape index (κ2) is 13.4. The molecule has 0 radical (unpaired) electrons. The predicted octanol–water partition coefficient (Wildman–Crippen LogP) is 4.70. The topological polar surface area (TPSA) is 104 Å². The van der Waals surface area contributed by atoms with Crippen molar-refractivity contribution in [1.29, 1.82) is 0 Å². The highest BCUT2D eigenvalue weighted by molar-refractivity contribution is 5.83. The lowest BCUT2D eigenvalue weighted by molar-refractivity contribution is -0.268. The molecule has 0 aromatic rings. The van der Waals surface area contributed by atoms with Crippen LogP contribution in [0.1, 0.15) is 104 Å². The van der Waals surface area contributed by atoms with Crippen LogP contribution >= 0.6 is 0 Å². The Kier molecular flexibility index (Phi) is 12.1. The molecule has 0 saturated heterocycles. The molecule has 1 aliphatic carbocycles. The number of ketones is 1. The van der Waals surface area contributed by atoms with Crippen LogP contribution in [-0.2, 0) is 14.3 Å². The zero-order valence-corrected chi connectivity index (χ0v) is 19.3. The number of aliphatic hydroxyl groups excluding tert-OH is 1. The van der Waals surface area contributed by atoms with Crippen molar-refractivity contribution in [1.82, 2.24) is 0 Å². The summed E-state index contributed by atoms with van der Waals surface area (Å²) in [4.78, 5) is 23.9. The highest BCUT2D eigenvalue weighted by atomic mass is 16.7. The van der Waals surface area contributed by atoms with Crippen LogP contribution in [0.4, 0.5) is 0 Å². The second-order valence-corrected chi connectivity index (χ2v) is 9.58. The first-order valence-electron chi connectivity index (χ1n) is 11.9. The molecule has 0 heterocycles. The standard InChI is InChI=1S/C24H44O6/c1-4-5-6-7-8-9-12-19-14-15-21(26)20(19)13-10-11-16-23(2,3)24(29,22(27)28)30-18-17-25/h19-20,25,29H,4-18H2,1-3H3,(H,27,28)/t19-,20+,24?/m0/s1. The van der Waals surface area contributed by atoms with Crippen LogP contribution in [0, 0.1) is 17.3 Å². The number of carboxylic acids is 1. The lowest BCUT2D eigenvalue weighted by Crippen LogP contribution is -2.54. The highest BCUT2D eigenvalue weighted by Gasteiger charge is 2.51. The van der Waals surface area contributed by atoms with Crippen LogP contribution in [0.25, 0.3) is 0 Å². The van der Waals surface area contributed by atoms with E-state index in [1.165, 1.54) is 38.5 Å². The van der Waals surface area contributed by atoms with Gasteiger partial charge in [-0.1, -0.05) is 72.1 Å². The molecular weight excluding hydrogens is 384 g/mol. The number of carbonyl (C=O) groups excluding carboxylic acids is 1. The molecule has 1 fully saturated rings. The van der Waals surface area contributed by atoms with Crippen molar-refractivity contribution in [3.8, 4) is 0 Å². The van der Waals surface area contributed by atoms with E-state index in [4.69, 9.17) is 9.84 Å². The van der Waals surface area contributed by atoms with Crippen molar-refractivity contribution < 1.29 is 29.6 Å². The number of ether oxygens (including phenoxy) is 1. The minimum atomic E-state index is -2.33. The molecule has 0 spiro atoms. The van der Waals surface area contributed by atoms with E-state index in [0.29, 0.717) is 24.5 Å². The van der Waals surface area contributed by atoms with Gasteiger partial charge < -0.3 is 20.1 Å². The molecule has 176 valence electrons. The molecule has 3 atom stereocenters. The first-order valence-corrected chi connectivity index (χ1v) is 11.9. The molecule has 1 rings (SSSR count). The van der Waals surface area contributed by atoms with E-state index in [2.05, 4.69) is 6.92 Å². The van der Waals surface area contributed by atoms with E-state index in [1.54, 1.807) is 13.8 Å². The van der Waals surface area contributed by atoms with Crippen molar-refractivity contribution in [2.24, 2.45) is 17.3 Å². The van der Waals surface area contributed by atoms with E-state index in [1.807, 2.05) is 0 Å². The van der Waals surface area contributed by atoms with Gasteiger partial charge >= 0.3 is 5.97 Å². The minimum absolute atomic E-state index is 0.146. The Labute approximate surface area is 182 Å². The molecule has 0 amide bonds. The van der Waals surface area contributed by atoms with Crippen LogP contribution in [-0.4, -0.2) is 46.1 Å². The summed E-state index contributed by atoms with van der Waals surface area (Å²) < 4.78 is 5.10. The number of unbranched alkanes of at least 4 members (excludes halogenated alkanes) is 6. The zero-order chi connectivity index (χ0) is 22.6. The van der Waals surface area contributed by atoms with E-state index < -0.39 is 17.2 Å². The molecule has 3 N–H and O–H groups in total. The number of Topliss-reactive ketones (excluding diaryl/α,β-unsaturated/α-hetero) is 1. The first-order chi connectivity index (χ1) is 14.2. The van der Waals surface area contributed by atoms with Gasteiger partial charge in [0.05, 0.1) is 13.2 Å². The predicted molar refractivity (Wildman–Crippen MR) is 117 cm³/mol. The molecule has 0 aromatic carbocycles. The summed E-state index contributed by atoms with van der Waals surface area (Å²) in [5, 5.41) is 28.9. The third-order valence-corrected chi connectivity index (χ3v) is 6.85. The van der Waals surface area contributed by atoms with Crippen molar-refractivity contribution in [3.05, 3.63) is 0 Å². The normalized spacial score (nSPS) is 21.7. The SMILES string of the molecule is CCCCCCCC[C@H]1CCC(=O)[C@@H]1CCCCC(C)(C)C(O)(OCCO)C(=O)O. The average Bonchev–Trinajstić information content (AvgIpc) is 3.05. The van der Waals surface area contributed by atoms with Gasteiger partial charge in [0.1, 0.15) is 5.78 Å². The number of carbonyl (C=O) groups is 2. The molecular formula is C24H44O6. The van der Waals surface area contributed by atoms with E-state index >= 15 is 0 Å². The van der Waals surface area contributed by atoms with Crippen LogP contribution in [0.5, 0.6) is 0 Å². The van der Waals surface area contributed by atoms with Crippen molar-refractivity contribution >= 4 is 11.8 Å². The van der Waals surface area contributed by atoms with Gasteiger partial charge in [-0.2, -0.15) is 0 Å². The monoisotopic (exact) mass is 428 g/mol. The molecule has 1 saturated carbocycles. The van der Waals surface area contributed by atoms with E-state index in [0.717, 1.165) is 32.1 Å². The molecule has 0 bridgehead atoms. The number of hydrogen-bond acceptors (Lipinski definition) is 5. The van der Waals surface area contributed by atoms with Crippen molar-refractivity contribution in [3.63, 3.8) is 0 Å². The van der Waals surface area contributed by atoms with Crippen LogP contribution < -0.4 is 0 Å². The zero-order valence-electron chi connectivity index (χ0n) is 19.3. The van der Waals surface area contributed by atoms with Crippen molar-refractivity contribution in [2.75, 3.05) is 13.2 Å². The number of carboxylic acid groups (broad SMARTS) is 1. The second-order valence-electron chi connectivity index (χ2n) is 9.58. The van der Waals surface area contributed by atoms with Gasteiger partial charge in [0.15, 0.2) is 0 Å². The molecule has 0 aliphatic heterocycles. The molecule has 30 heavy (non-hydrogen) atoms. The van der Waals surface area contributed by atoms with Gasteiger partial charge in [0.2, 0.25) is 0 Å². The Morgan fingerprint density at radius 1 is 1.07 bits per heavy atom. The Morgan fingerprint density at radius 3 is 2.33 bits per heavy atom. The number of aliphatic carboxylic acids is 1. The fourth-order valence-corrected chi connectivity index (χ4v) is 4.75. The summed E-state index contributed by atoms with van der Waals surface area (Å²) >= 11 is 0. The number of aliphatic hydroxyl groups is 2. The molecule has 1 aliphatic rings. The summed E-state index contributed by atoms with van der Waals surface area (Å²) in [6, 6.07) is 0. The maximum Gasteiger partial charge on any atom is 0.364 e. The Morgan fingerprint density at radius 2 is 1.70 bits per heavy atom. The van der Waals surface area contributed by atoms with Crippen molar-refractivity contribution in [2.45, 2.75) is 110 Å². The smallest absolute Gasteiger partial charge is 0.364 e. The van der Waals surface area contributed by atoms with Gasteiger partial charge in [0, 0.05) is 17.8 Å². The third-order valence-electron chi connectivity index (χ3n) is 6.85. The Bertz CT molecular complexity index is 518. The number of hydrogen-bond donors (Lipinski definition) is 3. The molecule has 0 aromatic heterocycles. The fraction of sp³-hybridized carbons (Fsp3) is 0.917. The van der Waals surface area contributed by atoms with Crippen LogP contribution in [0.3, 0.4) is 0 Å². The number of rotatable bonds is 17. The summed E-state index contributed by atoms with van der Waals surface area (Å²) in [5.74, 6) is -2.74. The molecule has 1 unspecified atom stereocenters. The lowest BCUT2D eigenvalue weighted by atomic mass is 9.77. The van der Waals surface area contributed by atoms with Crippen LogP contribution in [0.2, 0.25) is 0 Å². The Hall–Kier alpha value is -0.980. The maximum absolute atomic E-state index is 12.4. The summed E-state index contributed by atoms with van der Waals surface area (Å²) in [6.45, 7) is 4.97. The summed E-state index contributed by atoms with van der Waals surface area (Å²) in [7, 11) is 0. The van der Waals surface area contributed by atoms with Gasteiger partial charge in [0.25, 0.3) is 5.79 Å². The van der Waals surface area contributed by atoms with Gasteiger partial charge in [-0.25, -0.2) is 4.79 Å². The maximum atomic E-state index is 12.4. The fourth-order valence-electron chi connectivity index (χ4n) is 4.75. The largest absolute Gasteiger partial charge is 0.477 e. The first kappa shape index (κ1) is 27.1. The summed E-state index contributed by atoms with van der Waals surface area (Å²) in [6.07, 6.45) is 13.3. The van der Waals surface area contributed by atoms with Gasteiger partial charge in [-0.3, -0.25) is 4.79 Å². The molecule has 6 nitrogen and oxygen atoms in total. The minimum Gasteiger partial charge on any atom is -0.477 e. The Balaban J connectivity index is 2.44. The average molecular weight is 429 g/mol. The lowest BCUT2D eigenvalue weighted by Gasteiger charge is -2.38. The van der Waals surface area contributed by atoms with E-state index in [-0.39, 0.29) is 19.1 Å². The van der Waals surface area contributed by atoms with Gasteiger partial charge in [-0.05, 0) is 31.6 Å².